The van der Waals surface area contributed by atoms with Crippen molar-refractivity contribution in [3.05, 3.63) is 75.3 Å². The summed E-state index contributed by atoms with van der Waals surface area (Å²) in [7, 11) is 0. The molecule has 1 aliphatic rings. The number of rotatable bonds is 6. The van der Waals surface area contributed by atoms with E-state index in [1.807, 2.05) is 35.9 Å². The van der Waals surface area contributed by atoms with Crippen molar-refractivity contribution in [3.63, 3.8) is 0 Å². The number of hydrogen-bond acceptors (Lipinski definition) is 7. The van der Waals surface area contributed by atoms with Crippen molar-refractivity contribution in [2.45, 2.75) is 53.1 Å². The van der Waals surface area contributed by atoms with Crippen LogP contribution < -0.4 is 15.2 Å². The molecule has 9 heteroatoms. The van der Waals surface area contributed by atoms with Crippen LogP contribution in [0.25, 0.3) is 10.9 Å². The van der Waals surface area contributed by atoms with Gasteiger partial charge in [-0.15, -0.1) is 5.10 Å². The van der Waals surface area contributed by atoms with E-state index in [1.54, 1.807) is 0 Å². The van der Waals surface area contributed by atoms with Crippen molar-refractivity contribution < 1.29 is 4.74 Å². The molecule has 1 atom stereocenters. The Labute approximate surface area is 223 Å². The Hall–Kier alpha value is -3.72. The first-order chi connectivity index (χ1) is 18.2. The van der Waals surface area contributed by atoms with E-state index in [0.29, 0.717) is 18.0 Å². The smallest absolute Gasteiger partial charge is 0.253 e. The first-order valence-electron chi connectivity index (χ1n) is 13.3. The largest absolute Gasteiger partial charge is 0.494 e. The number of anilines is 1. The van der Waals surface area contributed by atoms with Crippen molar-refractivity contribution >= 4 is 16.6 Å². The highest BCUT2D eigenvalue weighted by atomic mass is 16.5. The van der Waals surface area contributed by atoms with Gasteiger partial charge in [-0.3, -0.25) is 9.69 Å². The van der Waals surface area contributed by atoms with Gasteiger partial charge in [-0.05, 0) is 93.4 Å². The van der Waals surface area contributed by atoms with Crippen molar-refractivity contribution in [3.8, 4) is 5.75 Å². The molecule has 0 amide bonds. The van der Waals surface area contributed by atoms with Crippen molar-refractivity contribution in [2.24, 2.45) is 0 Å². The Morgan fingerprint density at radius 3 is 2.50 bits per heavy atom. The van der Waals surface area contributed by atoms with Crippen LogP contribution in [0.4, 0.5) is 5.69 Å². The van der Waals surface area contributed by atoms with Crippen LogP contribution in [0.5, 0.6) is 5.75 Å². The number of aryl methyl sites for hydroxylation is 2. The number of nitrogens with zero attached hydrogens (tertiary/aromatic N) is 6. The monoisotopic (exact) mass is 515 g/mol. The van der Waals surface area contributed by atoms with Crippen molar-refractivity contribution in [2.75, 3.05) is 37.7 Å². The third-order valence-corrected chi connectivity index (χ3v) is 7.21. The Kier molecular flexibility index (Phi) is 6.96. The fourth-order valence-electron chi connectivity index (χ4n) is 5.28. The molecule has 9 nitrogen and oxygen atoms in total. The number of aromatic amines is 1. The van der Waals surface area contributed by atoms with Gasteiger partial charge >= 0.3 is 0 Å². The SMILES string of the molecule is CCOc1ccc2[nH]c(=O)c([C@H](c3nnnn3C(C)(C)C)N3CCN(c4cc(C)ccc4C)CC3)cc2c1. The first kappa shape index (κ1) is 25.9. The van der Waals surface area contributed by atoms with E-state index in [9.17, 15) is 4.79 Å². The fourth-order valence-corrected chi connectivity index (χ4v) is 5.28. The zero-order valence-electron chi connectivity index (χ0n) is 23.2. The molecule has 5 rings (SSSR count). The Balaban J connectivity index is 1.56. The predicted molar refractivity (Wildman–Crippen MR) is 150 cm³/mol. The van der Waals surface area contributed by atoms with Crippen LogP contribution in [0.15, 0.2) is 47.3 Å². The fraction of sp³-hybridized carbons (Fsp3) is 0.448. The molecule has 1 N–H and O–H groups in total. The van der Waals surface area contributed by atoms with Gasteiger partial charge in [0.2, 0.25) is 0 Å². The number of tetrazole rings is 1. The average molecular weight is 516 g/mol. The molecule has 200 valence electrons. The third-order valence-electron chi connectivity index (χ3n) is 7.21. The quantitative estimate of drug-likeness (QED) is 0.412. The molecule has 0 radical (unpaired) electrons. The first-order valence-corrected chi connectivity index (χ1v) is 13.3. The van der Waals surface area contributed by atoms with E-state index in [4.69, 9.17) is 4.74 Å². The standard InChI is InChI=1S/C29H37N7O2/c1-7-38-22-10-11-24-21(17-22)18-23(28(37)30-24)26(27-31-32-33-36(27)29(4,5)6)35-14-12-34(13-15-35)25-16-19(2)8-9-20(25)3/h8-11,16-18,26H,7,12-15H2,1-6H3,(H,30,37)/t26-/m1/s1. The second kappa shape index (κ2) is 10.2. The summed E-state index contributed by atoms with van der Waals surface area (Å²) in [5.74, 6) is 1.44. The zero-order valence-corrected chi connectivity index (χ0v) is 23.2. The predicted octanol–water partition coefficient (Wildman–Crippen LogP) is 4.20. The van der Waals surface area contributed by atoms with E-state index in [1.165, 1.54) is 16.8 Å². The maximum absolute atomic E-state index is 13.6. The minimum absolute atomic E-state index is 0.132. The molecular formula is C29H37N7O2. The molecule has 38 heavy (non-hydrogen) atoms. The summed E-state index contributed by atoms with van der Waals surface area (Å²) < 4.78 is 7.57. The van der Waals surface area contributed by atoms with E-state index >= 15 is 0 Å². The summed E-state index contributed by atoms with van der Waals surface area (Å²) in [5.41, 5.74) is 4.73. The van der Waals surface area contributed by atoms with Gasteiger partial charge in [0, 0.05) is 48.3 Å². The van der Waals surface area contributed by atoms with E-state index in [-0.39, 0.29) is 11.1 Å². The average Bonchev–Trinajstić information content (AvgIpc) is 3.37. The summed E-state index contributed by atoms with van der Waals surface area (Å²) in [5, 5.41) is 13.8. The van der Waals surface area contributed by atoms with Crippen LogP contribution in [-0.2, 0) is 5.54 Å². The Morgan fingerprint density at radius 2 is 1.79 bits per heavy atom. The highest BCUT2D eigenvalue weighted by molar-refractivity contribution is 5.80. The topological polar surface area (TPSA) is 92.2 Å². The minimum Gasteiger partial charge on any atom is -0.494 e. The van der Waals surface area contributed by atoms with Gasteiger partial charge in [-0.2, -0.15) is 0 Å². The molecule has 1 saturated heterocycles. The highest BCUT2D eigenvalue weighted by Gasteiger charge is 2.35. The second-order valence-electron chi connectivity index (χ2n) is 11.1. The zero-order chi connectivity index (χ0) is 27.0. The molecule has 3 heterocycles. The van der Waals surface area contributed by atoms with Gasteiger partial charge in [-0.25, -0.2) is 4.68 Å². The molecule has 4 aromatic rings. The third kappa shape index (κ3) is 5.03. The van der Waals surface area contributed by atoms with Gasteiger partial charge in [0.1, 0.15) is 11.8 Å². The summed E-state index contributed by atoms with van der Waals surface area (Å²) in [6.45, 7) is 16.3. The van der Waals surface area contributed by atoms with Gasteiger partial charge < -0.3 is 14.6 Å². The van der Waals surface area contributed by atoms with E-state index < -0.39 is 6.04 Å². The van der Waals surface area contributed by atoms with Crippen LogP contribution in [0.1, 0.15) is 56.3 Å². The van der Waals surface area contributed by atoms with Gasteiger partial charge in [0.05, 0.1) is 12.1 Å². The maximum atomic E-state index is 13.6. The van der Waals surface area contributed by atoms with Crippen LogP contribution in [-0.4, -0.2) is 62.9 Å². The van der Waals surface area contributed by atoms with Crippen molar-refractivity contribution in [1.82, 2.24) is 30.1 Å². The van der Waals surface area contributed by atoms with Crippen molar-refractivity contribution in [1.29, 1.82) is 0 Å². The van der Waals surface area contributed by atoms with Crippen LogP contribution in [0.3, 0.4) is 0 Å². The van der Waals surface area contributed by atoms with Gasteiger partial charge in [0.15, 0.2) is 5.82 Å². The highest BCUT2D eigenvalue weighted by Crippen LogP contribution is 2.32. The van der Waals surface area contributed by atoms with Gasteiger partial charge in [-0.1, -0.05) is 12.1 Å². The van der Waals surface area contributed by atoms with Crippen LogP contribution in [0, 0.1) is 13.8 Å². The number of piperazine rings is 1. The second-order valence-corrected chi connectivity index (χ2v) is 11.1. The number of nitrogens with one attached hydrogen (secondary N) is 1. The lowest BCUT2D eigenvalue weighted by atomic mass is 10.0. The normalized spacial score (nSPS) is 15.7. The molecule has 0 unspecified atom stereocenters. The molecule has 2 aromatic heterocycles. The molecule has 2 aromatic carbocycles. The molecule has 1 fully saturated rings. The minimum atomic E-state index is -0.395. The molecular weight excluding hydrogens is 478 g/mol. The van der Waals surface area contributed by atoms with Crippen LogP contribution in [0.2, 0.25) is 0 Å². The molecule has 1 aliphatic heterocycles. The summed E-state index contributed by atoms with van der Waals surface area (Å²) in [6, 6.07) is 13.9. The number of ether oxygens (including phenoxy) is 1. The Bertz CT molecular complexity index is 1490. The van der Waals surface area contributed by atoms with Crippen LogP contribution >= 0.6 is 0 Å². The van der Waals surface area contributed by atoms with E-state index in [2.05, 4.69) is 83.1 Å². The molecule has 0 spiro atoms. The lowest BCUT2D eigenvalue weighted by Crippen LogP contribution is -2.49. The van der Waals surface area contributed by atoms with Gasteiger partial charge in [0.25, 0.3) is 5.56 Å². The number of pyridine rings is 1. The lowest BCUT2D eigenvalue weighted by Gasteiger charge is -2.40. The summed E-state index contributed by atoms with van der Waals surface area (Å²) >= 11 is 0. The molecule has 0 bridgehead atoms. The van der Waals surface area contributed by atoms with E-state index in [0.717, 1.165) is 42.8 Å². The molecule has 0 aliphatic carbocycles. The summed E-state index contributed by atoms with van der Waals surface area (Å²) in [6.07, 6.45) is 0. The Morgan fingerprint density at radius 1 is 1.03 bits per heavy atom. The number of H-pyrrole nitrogens is 1. The number of fused-ring (bicyclic) bond motifs is 1. The number of hydrogen-bond donors (Lipinski definition) is 1. The molecule has 0 saturated carbocycles. The number of aromatic nitrogens is 5. The number of benzene rings is 2. The maximum Gasteiger partial charge on any atom is 0.253 e. The summed E-state index contributed by atoms with van der Waals surface area (Å²) in [4.78, 5) is 21.4. The lowest BCUT2D eigenvalue weighted by molar-refractivity contribution is 0.190.